The van der Waals surface area contributed by atoms with Crippen LogP contribution in [0.2, 0.25) is 0 Å². The molecule has 0 aliphatic rings. The minimum atomic E-state index is -3.52. The number of aromatic nitrogens is 2. The zero-order chi connectivity index (χ0) is 14.8. The van der Waals surface area contributed by atoms with Crippen molar-refractivity contribution in [1.82, 2.24) is 14.1 Å². The quantitative estimate of drug-likeness (QED) is 0.756. The fraction of sp³-hybridized carbons (Fsp3) is 0.750. The van der Waals surface area contributed by atoms with Crippen molar-refractivity contribution in [3.05, 3.63) is 11.4 Å². The van der Waals surface area contributed by atoms with E-state index < -0.39 is 10.0 Å². The summed E-state index contributed by atoms with van der Waals surface area (Å²) in [4.78, 5) is 0.318. The molecule has 0 spiro atoms. The normalized spacial score (nSPS) is 12.6. The number of hydrogen-bond acceptors (Lipinski definition) is 3. The molecule has 7 heteroatoms. The Morgan fingerprint density at radius 3 is 2.32 bits per heavy atom. The SMILES string of the molecule is Cc1nn(C)c(C)c1S(=O)(=O)N(CCCCl)C(C)C. The Kier molecular flexibility index (Phi) is 5.41. The Labute approximate surface area is 120 Å². The minimum absolute atomic E-state index is 0.104. The van der Waals surface area contributed by atoms with E-state index >= 15 is 0 Å². The molecule has 0 fully saturated rings. The fourth-order valence-corrected chi connectivity index (χ4v) is 4.31. The highest BCUT2D eigenvalue weighted by molar-refractivity contribution is 7.89. The summed E-state index contributed by atoms with van der Waals surface area (Å²) in [5.74, 6) is 0.448. The van der Waals surface area contributed by atoms with Crippen molar-refractivity contribution in [2.24, 2.45) is 7.05 Å². The second kappa shape index (κ2) is 6.24. The second-order valence-corrected chi connectivity index (χ2v) is 7.08. The van der Waals surface area contributed by atoms with Crippen LogP contribution in [0.15, 0.2) is 4.90 Å². The monoisotopic (exact) mass is 307 g/mol. The molecule has 0 atom stereocenters. The highest BCUT2D eigenvalue weighted by Crippen LogP contribution is 2.24. The molecule has 5 nitrogen and oxygen atoms in total. The van der Waals surface area contributed by atoms with Crippen LogP contribution in [0, 0.1) is 13.8 Å². The summed E-state index contributed by atoms with van der Waals surface area (Å²) in [6.07, 6.45) is 0.636. The number of sulfonamides is 1. The number of rotatable bonds is 6. The van der Waals surface area contributed by atoms with E-state index in [1.807, 2.05) is 13.8 Å². The van der Waals surface area contributed by atoms with E-state index in [1.54, 1.807) is 25.6 Å². The molecule has 0 aromatic carbocycles. The molecule has 1 heterocycles. The van der Waals surface area contributed by atoms with E-state index in [-0.39, 0.29) is 6.04 Å². The molecule has 0 saturated heterocycles. The molecule has 19 heavy (non-hydrogen) atoms. The van der Waals surface area contributed by atoms with Crippen molar-refractivity contribution in [3.63, 3.8) is 0 Å². The van der Waals surface area contributed by atoms with E-state index in [0.717, 1.165) is 0 Å². The molecule has 0 N–H and O–H groups in total. The van der Waals surface area contributed by atoms with Crippen LogP contribution in [-0.4, -0.2) is 41.0 Å². The van der Waals surface area contributed by atoms with Crippen molar-refractivity contribution in [3.8, 4) is 0 Å². The van der Waals surface area contributed by atoms with Gasteiger partial charge in [-0.2, -0.15) is 9.40 Å². The van der Waals surface area contributed by atoms with Gasteiger partial charge in [0.15, 0.2) is 0 Å². The Balaban J connectivity index is 3.27. The summed E-state index contributed by atoms with van der Waals surface area (Å²) in [6.45, 7) is 7.66. The summed E-state index contributed by atoms with van der Waals surface area (Å²) in [6, 6.07) is -0.104. The Hall–Kier alpha value is -0.590. The third-order valence-corrected chi connectivity index (χ3v) is 5.69. The third kappa shape index (κ3) is 3.30. The smallest absolute Gasteiger partial charge is 0.246 e. The van der Waals surface area contributed by atoms with Crippen molar-refractivity contribution >= 4 is 21.6 Å². The molecule has 0 amide bonds. The maximum atomic E-state index is 12.8. The molecule has 0 aliphatic heterocycles. The highest BCUT2D eigenvalue weighted by Gasteiger charge is 2.31. The Morgan fingerprint density at radius 1 is 1.37 bits per heavy atom. The molecule has 110 valence electrons. The van der Waals surface area contributed by atoms with Gasteiger partial charge in [-0.1, -0.05) is 0 Å². The van der Waals surface area contributed by atoms with Crippen molar-refractivity contribution in [1.29, 1.82) is 0 Å². The Bertz CT molecular complexity index is 537. The van der Waals surface area contributed by atoms with Crippen LogP contribution in [0.25, 0.3) is 0 Å². The van der Waals surface area contributed by atoms with Gasteiger partial charge < -0.3 is 0 Å². The van der Waals surface area contributed by atoms with Crippen molar-refractivity contribution in [2.75, 3.05) is 12.4 Å². The van der Waals surface area contributed by atoms with Gasteiger partial charge in [-0.25, -0.2) is 8.42 Å². The number of alkyl halides is 1. The first-order valence-electron chi connectivity index (χ1n) is 6.31. The predicted molar refractivity (Wildman–Crippen MR) is 77.0 cm³/mol. The number of aryl methyl sites for hydroxylation is 2. The van der Waals surface area contributed by atoms with Crippen molar-refractivity contribution in [2.45, 2.75) is 45.1 Å². The predicted octanol–water partition coefficient (Wildman–Crippen LogP) is 2.06. The van der Waals surface area contributed by atoms with Crippen LogP contribution in [0.4, 0.5) is 0 Å². The third-order valence-electron chi connectivity index (χ3n) is 3.10. The average Bonchev–Trinajstić information content (AvgIpc) is 2.52. The number of halogens is 1. The largest absolute Gasteiger partial charge is 0.271 e. The lowest BCUT2D eigenvalue weighted by molar-refractivity contribution is 0.354. The average molecular weight is 308 g/mol. The molecule has 0 aliphatic carbocycles. The van der Waals surface area contributed by atoms with Gasteiger partial charge in [-0.3, -0.25) is 4.68 Å². The van der Waals surface area contributed by atoms with E-state index in [1.165, 1.54) is 4.31 Å². The summed E-state index contributed by atoms with van der Waals surface area (Å²) in [7, 11) is -1.77. The first-order valence-corrected chi connectivity index (χ1v) is 8.29. The number of hydrogen-bond donors (Lipinski definition) is 0. The van der Waals surface area contributed by atoms with Gasteiger partial charge in [-0.15, -0.1) is 11.6 Å². The Morgan fingerprint density at radius 2 is 1.95 bits per heavy atom. The molecule has 1 aromatic rings. The standard InChI is InChI=1S/C12H22ClN3O2S/c1-9(2)16(8-6-7-13)19(17,18)12-10(3)14-15(5)11(12)4/h9H,6-8H2,1-5H3. The second-order valence-electron chi connectivity index (χ2n) is 4.88. The molecule has 1 aromatic heterocycles. The maximum absolute atomic E-state index is 12.8. The van der Waals surface area contributed by atoms with Crippen LogP contribution in [0.5, 0.6) is 0 Å². The summed E-state index contributed by atoms with van der Waals surface area (Å²) < 4.78 is 28.6. The number of nitrogens with zero attached hydrogens (tertiary/aromatic N) is 3. The molecule has 0 saturated carbocycles. The van der Waals surface area contributed by atoms with Gasteiger partial charge in [0.05, 0.1) is 11.4 Å². The summed E-state index contributed by atoms with van der Waals surface area (Å²) in [5, 5.41) is 4.18. The van der Waals surface area contributed by atoms with Gasteiger partial charge in [-0.05, 0) is 34.1 Å². The maximum Gasteiger partial charge on any atom is 0.246 e. The topological polar surface area (TPSA) is 55.2 Å². The lowest BCUT2D eigenvalue weighted by Gasteiger charge is -2.25. The molecular formula is C12H22ClN3O2S. The van der Waals surface area contributed by atoms with Gasteiger partial charge >= 0.3 is 0 Å². The molecule has 1 rings (SSSR count). The molecule has 0 bridgehead atoms. The zero-order valence-corrected chi connectivity index (χ0v) is 13.7. The summed E-state index contributed by atoms with van der Waals surface area (Å²) in [5.41, 5.74) is 1.20. The van der Waals surface area contributed by atoms with Crippen LogP contribution >= 0.6 is 11.6 Å². The molecule has 0 unspecified atom stereocenters. The van der Waals surface area contributed by atoms with Gasteiger partial charge in [0, 0.05) is 25.5 Å². The van der Waals surface area contributed by atoms with E-state index in [2.05, 4.69) is 5.10 Å². The highest BCUT2D eigenvalue weighted by atomic mass is 35.5. The fourth-order valence-electron chi connectivity index (χ4n) is 2.12. The summed E-state index contributed by atoms with van der Waals surface area (Å²) >= 11 is 5.68. The zero-order valence-electron chi connectivity index (χ0n) is 12.1. The van der Waals surface area contributed by atoms with E-state index in [0.29, 0.717) is 35.1 Å². The van der Waals surface area contributed by atoms with Crippen molar-refractivity contribution < 1.29 is 8.42 Å². The van der Waals surface area contributed by atoms with Crippen LogP contribution in [-0.2, 0) is 17.1 Å². The molecule has 0 radical (unpaired) electrons. The molecular weight excluding hydrogens is 286 g/mol. The van der Waals surface area contributed by atoms with Crippen LogP contribution < -0.4 is 0 Å². The first kappa shape index (κ1) is 16.5. The van der Waals surface area contributed by atoms with Gasteiger partial charge in [0.2, 0.25) is 10.0 Å². The first-order chi connectivity index (χ1) is 8.73. The van der Waals surface area contributed by atoms with E-state index in [9.17, 15) is 8.42 Å². The van der Waals surface area contributed by atoms with Crippen LogP contribution in [0.3, 0.4) is 0 Å². The lowest BCUT2D eigenvalue weighted by Crippen LogP contribution is -2.38. The lowest BCUT2D eigenvalue weighted by atomic mass is 10.3. The van der Waals surface area contributed by atoms with Gasteiger partial charge in [0.25, 0.3) is 0 Å². The van der Waals surface area contributed by atoms with E-state index in [4.69, 9.17) is 11.6 Å². The van der Waals surface area contributed by atoms with Crippen LogP contribution in [0.1, 0.15) is 31.7 Å². The van der Waals surface area contributed by atoms with Gasteiger partial charge in [0.1, 0.15) is 4.90 Å². The minimum Gasteiger partial charge on any atom is -0.271 e.